The fraction of sp³-hybridized carbons (Fsp3) is 0.400. The number of rotatable bonds is 5. The lowest BCUT2D eigenvalue weighted by Crippen LogP contribution is -2.53. The summed E-state index contributed by atoms with van der Waals surface area (Å²) in [5.74, 6) is 0.760. The molecule has 170 valence electrons. The lowest BCUT2D eigenvalue weighted by Gasteiger charge is -2.37. The van der Waals surface area contributed by atoms with Crippen LogP contribution in [-0.4, -0.2) is 67.3 Å². The van der Waals surface area contributed by atoms with Gasteiger partial charge in [-0.25, -0.2) is 4.98 Å². The number of pyridine rings is 1. The number of para-hydroxylation sites is 2. The molecule has 0 saturated carbocycles. The first-order valence-corrected chi connectivity index (χ1v) is 9.65. The van der Waals surface area contributed by atoms with Crippen molar-refractivity contribution in [1.82, 2.24) is 15.2 Å². The number of anilines is 2. The Morgan fingerprint density at radius 1 is 1.10 bits per heavy atom. The van der Waals surface area contributed by atoms with Crippen LogP contribution in [0.25, 0.3) is 0 Å². The quantitative estimate of drug-likeness (QED) is 0.230. The number of guanidine groups is 1. The van der Waals surface area contributed by atoms with Crippen LogP contribution in [0.15, 0.2) is 47.6 Å². The molecule has 3 rings (SSSR count). The molecule has 2 heterocycles. The highest BCUT2D eigenvalue weighted by atomic mass is 127. The number of nitrogens with one attached hydrogen (secondary N) is 2. The molecule has 0 radical (unpaired) electrons. The van der Waals surface area contributed by atoms with Crippen molar-refractivity contribution in [1.29, 1.82) is 0 Å². The van der Waals surface area contributed by atoms with Crippen LogP contribution in [0.5, 0.6) is 5.75 Å². The van der Waals surface area contributed by atoms with E-state index in [2.05, 4.69) is 30.4 Å². The molecule has 0 amide bonds. The Kier molecular flexibility index (Phi) is 9.01. The van der Waals surface area contributed by atoms with Gasteiger partial charge >= 0.3 is 6.18 Å². The van der Waals surface area contributed by atoms with Crippen molar-refractivity contribution < 1.29 is 18.3 Å². The van der Waals surface area contributed by atoms with E-state index in [9.17, 15) is 18.3 Å². The summed E-state index contributed by atoms with van der Waals surface area (Å²) < 4.78 is 39.1. The van der Waals surface area contributed by atoms with Crippen LogP contribution in [0.3, 0.4) is 0 Å². The number of nitrogens with zero attached hydrogens (tertiary/aromatic N) is 4. The maximum atomic E-state index is 13.0. The van der Waals surface area contributed by atoms with Gasteiger partial charge in [-0.3, -0.25) is 4.99 Å². The van der Waals surface area contributed by atoms with E-state index in [4.69, 9.17) is 0 Å². The highest BCUT2D eigenvalue weighted by Gasteiger charge is 2.34. The zero-order valence-electron chi connectivity index (χ0n) is 17.1. The van der Waals surface area contributed by atoms with E-state index < -0.39 is 11.7 Å². The first kappa shape index (κ1) is 24.8. The average molecular weight is 550 g/mol. The Labute approximate surface area is 196 Å². The number of hydrogen-bond donors (Lipinski definition) is 3. The smallest absolute Gasteiger partial charge is 0.419 e. The molecule has 7 nitrogen and oxygen atoms in total. The van der Waals surface area contributed by atoms with Crippen molar-refractivity contribution >= 4 is 41.4 Å². The number of halogens is 4. The SMILES string of the molecule is CN=C(NCCNc1ncccc1C(F)(F)F)N1CCN(c2ccccc2O)CC1.I. The van der Waals surface area contributed by atoms with Crippen molar-refractivity contribution in [2.24, 2.45) is 4.99 Å². The molecule has 1 aromatic carbocycles. The number of hydrogen-bond acceptors (Lipinski definition) is 5. The van der Waals surface area contributed by atoms with Gasteiger partial charge in [-0.15, -0.1) is 24.0 Å². The van der Waals surface area contributed by atoms with E-state index in [1.54, 1.807) is 19.2 Å². The predicted octanol–water partition coefficient (Wildman–Crippen LogP) is 3.23. The second kappa shape index (κ2) is 11.3. The Morgan fingerprint density at radius 3 is 2.45 bits per heavy atom. The van der Waals surface area contributed by atoms with E-state index in [1.165, 1.54) is 12.3 Å². The van der Waals surface area contributed by atoms with Crippen LogP contribution in [0.2, 0.25) is 0 Å². The number of aromatic nitrogens is 1. The molecule has 3 N–H and O–H groups in total. The maximum Gasteiger partial charge on any atom is 0.419 e. The molecule has 0 aliphatic carbocycles. The molecule has 1 aliphatic rings. The minimum atomic E-state index is -4.45. The van der Waals surface area contributed by atoms with Crippen molar-refractivity contribution in [3.63, 3.8) is 0 Å². The summed E-state index contributed by atoms with van der Waals surface area (Å²) in [4.78, 5) is 12.3. The van der Waals surface area contributed by atoms with Crippen molar-refractivity contribution in [2.45, 2.75) is 6.18 Å². The van der Waals surface area contributed by atoms with Crippen LogP contribution in [-0.2, 0) is 6.18 Å². The Hall–Kier alpha value is -2.44. The zero-order valence-corrected chi connectivity index (χ0v) is 19.4. The number of phenols is 1. The highest BCUT2D eigenvalue weighted by Crippen LogP contribution is 2.33. The molecule has 2 aromatic rings. The van der Waals surface area contributed by atoms with Crippen LogP contribution in [0.4, 0.5) is 24.7 Å². The van der Waals surface area contributed by atoms with Gasteiger partial charge in [0.2, 0.25) is 0 Å². The third-order valence-corrected chi connectivity index (χ3v) is 4.83. The normalized spacial score (nSPS) is 14.8. The third kappa shape index (κ3) is 6.52. The largest absolute Gasteiger partial charge is 0.506 e. The first-order chi connectivity index (χ1) is 14.4. The fourth-order valence-electron chi connectivity index (χ4n) is 3.35. The molecule has 11 heteroatoms. The fourth-order valence-corrected chi connectivity index (χ4v) is 3.35. The Morgan fingerprint density at radius 2 is 1.81 bits per heavy atom. The van der Waals surface area contributed by atoms with Gasteiger partial charge in [0.25, 0.3) is 0 Å². The number of aliphatic imine (C=N–C) groups is 1. The van der Waals surface area contributed by atoms with Gasteiger partial charge < -0.3 is 25.5 Å². The Balaban J connectivity index is 0.00000341. The molecule has 1 aliphatic heterocycles. The van der Waals surface area contributed by atoms with Gasteiger partial charge in [0.05, 0.1) is 11.3 Å². The molecule has 1 saturated heterocycles. The molecule has 0 atom stereocenters. The number of alkyl halides is 3. The Bertz CT molecular complexity index is 872. The summed E-state index contributed by atoms with van der Waals surface area (Å²) in [6.45, 7) is 3.51. The molecular weight excluding hydrogens is 524 g/mol. The van der Waals surface area contributed by atoms with Gasteiger partial charge in [0, 0.05) is 52.5 Å². The summed E-state index contributed by atoms with van der Waals surface area (Å²) in [6.07, 6.45) is -3.12. The number of aromatic hydroxyl groups is 1. The molecule has 0 bridgehead atoms. The van der Waals surface area contributed by atoms with E-state index in [0.717, 1.165) is 24.8 Å². The summed E-state index contributed by atoms with van der Waals surface area (Å²) in [5, 5.41) is 15.9. The molecular formula is C20H26F3IN6O. The van der Waals surface area contributed by atoms with Gasteiger partial charge in [-0.1, -0.05) is 12.1 Å². The van der Waals surface area contributed by atoms with Crippen LogP contribution in [0.1, 0.15) is 5.56 Å². The second-order valence-electron chi connectivity index (χ2n) is 6.76. The number of piperazine rings is 1. The topological polar surface area (TPSA) is 76.0 Å². The van der Waals surface area contributed by atoms with Crippen LogP contribution < -0.4 is 15.5 Å². The minimum absolute atomic E-state index is 0. The van der Waals surface area contributed by atoms with Crippen molar-refractivity contribution in [3.05, 3.63) is 48.2 Å². The standard InChI is InChI=1S/C20H25F3N6O.HI/c1-24-19(27-10-9-26-18-15(20(21,22)23)5-4-8-25-18)29-13-11-28(12-14-29)16-6-2-3-7-17(16)30;/h2-8,30H,9-14H2,1H3,(H,24,27)(H,25,26);1H. The van der Waals surface area contributed by atoms with Crippen LogP contribution >= 0.6 is 24.0 Å². The van der Waals surface area contributed by atoms with Gasteiger partial charge in [-0.05, 0) is 24.3 Å². The van der Waals surface area contributed by atoms with Gasteiger partial charge in [0.1, 0.15) is 11.6 Å². The van der Waals surface area contributed by atoms with Crippen LogP contribution in [0, 0.1) is 0 Å². The highest BCUT2D eigenvalue weighted by molar-refractivity contribution is 14.0. The van der Waals surface area contributed by atoms with E-state index >= 15 is 0 Å². The monoisotopic (exact) mass is 550 g/mol. The van der Waals surface area contributed by atoms with Crippen molar-refractivity contribution in [2.75, 3.05) is 56.5 Å². The summed E-state index contributed by atoms with van der Waals surface area (Å²) in [6, 6.07) is 9.50. The second-order valence-corrected chi connectivity index (χ2v) is 6.76. The van der Waals surface area contributed by atoms with Crippen molar-refractivity contribution in [3.8, 4) is 5.75 Å². The molecule has 0 spiro atoms. The average Bonchev–Trinajstić information content (AvgIpc) is 2.74. The zero-order chi connectivity index (χ0) is 21.6. The van der Waals surface area contributed by atoms with E-state index in [-0.39, 0.29) is 42.1 Å². The van der Waals surface area contributed by atoms with E-state index in [0.29, 0.717) is 25.6 Å². The van der Waals surface area contributed by atoms with Gasteiger partial charge in [0.15, 0.2) is 5.96 Å². The number of phenolic OH excluding ortho intramolecular Hbond substituents is 1. The predicted molar refractivity (Wildman–Crippen MR) is 126 cm³/mol. The van der Waals surface area contributed by atoms with E-state index in [1.807, 2.05) is 12.1 Å². The third-order valence-electron chi connectivity index (χ3n) is 4.83. The summed E-state index contributed by atoms with van der Waals surface area (Å²) >= 11 is 0. The van der Waals surface area contributed by atoms with Gasteiger partial charge in [-0.2, -0.15) is 13.2 Å². The minimum Gasteiger partial charge on any atom is -0.506 e. The summed E-state index contributed by atoms with van der Waals surface area (Å²) in [5.41, 5.74) is 0.0230. The summed E-state index contributed by atoms with van der Waals surface area (Å²) in [7, 11) is 1.67. The molecule has 31 heavy (non-hydrogen) atoms. The molecule has 1 aromatic heterocycles. The molecule has 0 unspecified atom stereocenters. The number of benzene rings is 1. The first-order valence-electron chi connectivity index (χ1n) is 9.65. The maximum absolute atomic E-state index is 13.0. The lowest BCUT2D eigenvalue weighted by atomic mass is 10.2. The lowest BCUT2D eigenvalue weighted by molar-refractivity contribution is -0.137. The molecule has 1 fully saturated rings.